The molecule has 1 aromatic carbocycles. The molecule has 0 spiro atoms. The molecule has 0 aliphatic rings. The van der Waals surface area contributed by atoms with Crippen LogP contribution in [0.1, 0.15) is 24.7 Å². The Hall–Kier alpha value is -1.68. The van der Waals surface area contributed by atoms with Crippen LogP contribution < -0.4 is 5.73 Å². The molecule has 18 heavy (non-hydrogen) atoms. The van der Waals surface area contributed by atoms with Crippen molar-refractivity contribution in [3.05, 3.63) is 47.8 Å². The summed E-state index contributed by atoms with van der Waals surface area (Å²) < 4.78 is 15.5. The highest BCUT2D eigenvalue weighted by Crippen LogP contribution is 2.16. The summed E-state index contributed by atoms with van der Waals surface area (Å²) in [5.41, 5.74) is 7.25. The maximum atomic E-state index is 13.6. The van der Waals surface area contributed by atoms with E-state index in [1.807, 2.05) is 16.8 Å². The van der Waals surface area contributed by atoms with Gasteiger partial charge in [0, 0.05) is 24.5 Å². The topological polar surface area (TPSA) is 43.8 Å². The molecule has 0 saturated heterocycles. The lowest BCUT2D eigenvalue weighted by molar-refractivity contribution is 0.623. The number of hydrogen-bond donors (Lipinski definition) is 1. The van der Waals surface area contributed by atoms with E-state index >= 15 is 0 Å². The summed E-state index contributed by atoms with van der Waals surface area (Å²) in [6.45, 7) is 2.62. The predicted molar refractivity (Wildman–Crippen MR) is 70.3 cm³/mol. The molecule has 0 saturated carbocycles. The van der Waals surface area contributed by atoms with Crippen LogP contribution >= 0.6 is 0 Å². The SMILES string of the molecule is CCCc1nccn1-c1cc(F)cc(CCN)c1. The largest absolute Gasteiger partial charge is 0.330 e. The number of aryl methyl sites for hydroxylation is 1. The number of hydrogen-bond acceptors (Lipinski definition) is 2. The zero-order valence-corrected chi connectivity index (χ0v) is 10.6. The maximum absolute atomic E-state index is 13.6. The summed E-state index contributed by atoms with van der Waals surface area (Å²) in [7, 11) is 0. The lowest BCUT2D eigenvalue weighted by Crippen LogP contribution is -2.05. The first-order valence-electron chi connectivity index (χ1n) is 6.26. The number of rotatable bonds is 5. The molecule has 0 radical (unpaired) electrons. The molecule has 0 amide bonds. The van der Waals surface area contributed by atoms with E-state index in [1.165, 1.54) is 12.1 Å². The van der Waals surface area contributed by atoms with E-state index in [2.05, 4.69) is 11.9 Å². The zero-order chi connectivity index (χ0) is 13.0. The Labute approximate surface area is 106 Å². The van der Waals surface area contributed by atoms with Gasteiger partial charge >= 0.3 is 0 Å². The van der Waals surface area contributed by atoms with Crippen molar-refractivity contribution in [2.75, 3.05) is 6.54 Å². The first-order valence-corrected chi connectivity index (χ1v) is 6.26. The molecule has 4 heteroatoms. The van der Waals surface area contributed by atoms with Crippen molar-refractivity contribution in [1.82, 2.24) is 9.55 Å². The molecule has 2 rings (SSSR count). The second-order valence-electron chi connectivity index (χ2n) is 4.32. The maximum Gasteiger partial charge on any atom is 0.125 e. The molecule has 2 N–H and O–H groups in total. The second-order valence-corrected chi connectivity index (χ2v) is 4.32. The molecule has 0 bridgehead atoms. The van der Waals surface area contributed by atoms with E-state index < -0.39 is 0 Å². The molecule has 2 aromatic rings. The standard InChI is InChI=1S/C14H18FN3/c1-2-3-14-17-6-7-18(14)13-9-11(4-5-16)8-12(15)10-13/h6-10H,2-5,16H2,1H3. The van der Waals surface area contributed by atoms with E-state index in [0.29, 0.717) is 13.0 Å². The number of imidazole rings is 1. The molecule has 0 aliphatic carbocycles. The summed E-state index contributed by atoms with van der Waals surface area (Å²) in [6.07, 6.45) is 6.20. The molecule has 0 aliphatic heterocycles. The molecule has 1 heterocycles. The minimum absolute atomic E-state index is 0.230. The van der Waals surface area contributed by atoms with Gasteiger partial charge in [-0.25, -0.2) is 9.37 Å². The van der Waals surface area contributed by atoms with Gasteiger partial charge in [0.2, 0.25) is 0 Å². The molecular weight excluding hydrogens is 229 g/mol. The van der Waals surface area contributed by atoms with Crippen LogP contribution in [0.4, 0.5) is 4.39 Å². The Morgan fingerprint density at radius 2 is 2.11 bits per heavy atom. The number of halogens is 1. The first-order chi connectivity index (χ1) is 8.74. The highest BCUT2D eigenvalue weighted by atomic mass is 19.1. The summed E-state index contributed by atoms with van der Waals surface area (Å²) in [5.74, 6) is 0.730. The Morgan fingerprint density at radius 1 is 1.28 bits per heavy atom. The summed E-state index contributed by atoms with van der Waals surface area (Å²) >= 11 is 0. The highest BCUT2D eigenvalue weighted by Gasteiger charge is 2.07. The van der Waals surface area contributed by atoms with Gasteiger partial charge in [-0.3, -0.25) is 0 Å². The zero-order valence-electron chi connectivity index (χ0n) is 10.6. The van der Waals surface area contributed by atoms with Gasteiger partial charge in [-0.15, -0.1) is 0 Å². The van der Waals surface area contributed by atoms with Gasteiger partial charge in [-0.1, -0.05) is 6.92 Å². The van der Waals surface area contributed by atoms with Gasteiger partial charge in [0.05, 0.1) is 0 Å². The molecule has 0 unspecified atom stereocenters. The number of benzene rings is 1. The normalized spacial score (nSPS) is 10.8. The van der Waals surface area contributed by atoms with Crippen molar-refractivity contribution < 1.29 is 4.39 Å². The molecule has 0 fully saturated rings. The van der Waals surface area contributed by atoms with Crippen LogP contribution in [0.2, 0.25) is 0 Å². The Morgan fingerprint density at radius 3 is 2.83 bits per heavy atom. The van der Waals surface area contributed by atoms with Crippen LogP contribution in [-0.2, 0) is 12.8 Å². The second kappa shape index (κ2) is 5.78. The Bertz CT molecular complexity index is 520. The van der Waals surface area contributed by atoms with Crippen LogP contribution in [0.25, 0.3) is 5.69 Å². The average Bonchev–Trinajstić information content (AvgIpc) is 2.77. The van der Waals surface area contributed by atoms with E-state index in [0.717, 1.165) is 29.9 Å². The van der Waals surface area contributed by atoms with Gasteiger partial charge in [0.1, 0.15) is 11.6 Å². The lowest BCUT2D eigenvalue weighted by Gasteiger charge is -2.09. The van der Waals surface area contributed by atoms with Gasteiger partial charge in [0.25, 0.3) is 0 Å². The molecule has 96 valence electrons. The van der Waals surface area contributed by atoms with Gasteiger partial charge in [0.15, 0.2) is 0 Å². The summed E-state index contributed by atoms with van der Waals surface area (Å²) in [5, 5.41) is 0. The van der Waals surface area contributed by atoms with Crippen molar-refractivity contribution in [1.29, 1.82) is 0 Å². The van der Waals surface area contributed by atoms with Gasteiger partial charge < -0.3 is 10.3 Å². The smallest absolute Gasteiger partial charge is 0.125 e. The molecule has 1 aromatic heterocycles. The number of nitrogens with zero attached hydrogens (tertiary/aromatic N) is 2. The molecule has 3 nitrogen and oxygen atoms in total. The quantitative estimate of drug-likeness (QED) is 0.882. The van der Waals surface area contributed by atoms with Crippen molar-refractivity contribution in [2.45, 2.75) is 26.2 Å². The van der Waals surface area contributed by atoms with Crippen LogP contribution in [0.15, 0.2) is 30.6 Å². The van der Waals surface area contributed by atoms with Gasteiger partial charge in [-0.2, -0.15) is 0 Å². The Kier molecular flexibility index (Phi) is 4.10. The van der Waals surface area contributed by atoms with Crippen LogP contribution in [0.3, 0.4) is 0 Å². The summed E-state index contributed by atoms with van der Waals surface area (Å²) in [4.78, 5) is 4.30. The van der Waals surface area contributed by atoms with Crippen LogP contribution in [-0.4, -0.2) is 16.1 Å². The fourth-order valence-corrected chi connectivity index (χ4v) is 2.06. The fourth-order valence-electron chi connectivity index (χ4n) is 2.06. The van der Waals surface area contributed by atoms with Crippen molar-refractivity contribution >= 4 is 0 Å². The van der Waals surface area contributed by atoms with Crippen molar-refractivity contribution in [2.24, 2.45) is 5.73 Å². The molecular formula is C14H18FN3. The van der Waals surface area contributed by atoms with Crippen molar-refractivity contribution in [3.63, 3.8) is 0 Å². The third-order valence-electron chi connectivity index (χ3n) is 2.84. The Balaban J connectivity index is 2.39. The lowest BCUT2D eigenvalue weighted by atomic mass is 10.1. The van der Waals surface area contributed by atoms with E-state index in [9.17, 15) is 4.39 Å². The minimum Gasteiger partial charge on any atom is -0.330 e. The van der Waals surface area contributed by atoms with Gasteiger partial charge in [-0.05, 0) is 43.1 Å². The molecule has 0 atom stereocenters. The number of nitrogens with two attached hydrogens (primary N) is 1. The predicted octanol–water partition coefficient (Wildman–Crippen LogP) is 2.47. The fraction of sp³-hybridized carbons (Fsp3) is 0.357. The van der Waals surface area contributed by atoms with E-state index in [4.69, 9.17) is 5.73 Å². The first kappa shape index (κ1) is 12.8. The van der Waals surface area contributed by atoms with Crippen LogP contribution in [0.5, 0.6) is 0 Å². The minimum atomic E-state index is -0.230. The summed E-state index contributed by atoms with van der Waals surface area (Å²) in [6, 6.07) is 5.03. The average molecular weight is 247 g/mol. The monoisotopic (exact) mass is 247 g/mol. The van der Waals surface area contributed by atoms with E-state index in [-0.39, 0.29) is 5.82 Å². The van der Waals surface area contributed by atoms with Crippen LogP contribution in [0, 0.1) is 5.82 Å². The van der Waals surface area contributed by atoms with E-state index in [1.54, 1.807) is 6.20 Å². The number of aromatic nitrogens is 2. The third-order valence-corrected chi connectivity index (χ3v) is 2.84. The van der Waals surface area contributed by atoms with Crippen molar-refractivity contribution in [3.8, 4) is 5.69 Å². The highest BCUT2D eigenvalue weighted by molar-refractivity contribution is 5.38. The third kappa shape index (κ3) is 2.76.